The van der Waals surface area contributed by atoms with Gasteiger partial charge in [-0.2, -0.15) is 0 Å². The summed E-state index contributed by atoms with van der Waals surface area (Å²) in [6, 6.07) is 0. The second-order valence-corrected chi connectivity index (χ2v) is 16.5. The molecule has 0 aromatic heterocycles. The Morgan fingerprint density at radius 3 is 1.87 bits per heavy atom. The number of rotatable bonds is 3. The van der Waals surface area contributed by atoms with Crippen molar-refractivity contribution in [3.63, 3.8) is 0 Å². The van der Waals surface area contributed by atoms with Crippen LogP contribution in [0, 0.1) is 16.7 Å². The van der Waals surface area contributed by atoms with Crippen LogP contribution in [-0.2, 0) is 33.6 Å². The van der Waals surface area contributed by atoms with E-state index < -0.39 is 28.2 Å². The summed E-state index contributed by atoms with van der Waals surface area (Å²) in [5, 5.41) is 2.00. The minimum atomic E-state index is -3.83. The van der Waals surface area contributed by atoms with Gasteiger partial charge < -0.3 is 0 Å². The van der Waals surface area contributed by atoms with E-state index in [0.717, 1.165) is 19.3 Å². The summed E-state index contributed by atoms with van der Waals surface area (Å²) in [6.07, 6.45) is 8.05. The summed E-state index contributed by atoms with van der Waals surface area (Å²) >= 11 is -3.83. The molecule has 0 aromatic carbocycles. The maximum atomic E-state index is 13.0. The predicted molar refractivity (Wildman–Crippen MR) is 116 cm³/mol. The van der Waals surface area contributed by atoms with Gasteiger partial charge in [0, 0.05) is 0 Å². The Bertz CT molecular complexity index is 763. The molecule has 3 aliphatic carbocycles. The summed E-state index contributed by atoms with van der Waals surface area (Å²) in [5.74, 6) is -0.0992. The maximum absolute atomic E-state index is 13.0. The van der Waals surface area contributed by atoms with Crippen LogP contribution in [0.4, 0.5) is 0 Å². The average Bonchev–Trinajstić information content (AvgIpc) is 2.93. The Morgan fingerprint density at radius 1 is 0.833 bits per heavy atom. The molecule has 0 saturated heterocycles. The van der Waals surface area contributed by atoms with Gasteiger partial charge in [0.2, 0.25) is 0 Å². The second kappa shape index (κ2) is 8.24. The van der Waals surface area contributed by atoms with Crippen molar-refractivity contribution in [2.24, 2.45) is 16.7 Å². The van der Waals surface area contributed by atoms with Crippen LogP contribution in [-0.4, -0.2) is 11.9 Å². The standard InChI is InChI=1S/C14H19.2C5H10O2.CH3.Ti/c1-10-11-6-2-4-8-13(11)14-9-5-3-7-12(10)14;2*1-5(2,3)4(6)7;;/h6,10H,2-5,7-9H2,1H3;2*1-3H3,(H,6,7);1H3;/q;;;;+2/p-2. The molecule has 0 amide bonds. The van der Waals surface area contributed by atoms with Gasteiger partial charge in [0.1, 0.15) is 0 Å². The van der Waals surface area contributed by atoms with E-state index in [4.69, 9.17) is 6.64 Å². The molecule has 2 unspecified atom stereocenters. The van der Waals surface area contributed by atoms with Gasteiger partial charge in [-0.1, -0.05) is 0 Å². The number of hydrogen-bond donors (Lipinski definition) is 0. The van der Waals surface area contributed by atoms with Gasteiger partial charge in [-0.15, -0.1) is 0 Å². The minimum absolute atomic E-state index is 0.0898. The number of carbonyl (C=O) groups excluding carboxylic acids is 2. The van der Waals surface area contributed by atoms with Crippen LogP contribution >= 0.6 is 0 Å². The first-order valence-electron chi connectivity index (χ1n) is 11.7. The molecule has 0 radical (unpaired) electrons. The van der Waals surface area contributed by atoms with E-state index in [1.165, 1.54) is 36.8 Å². The van der Waals surface area contributed by atoms with Gasteiger partial charge in [-0.3, -0.25) is 0 Å². The van der Waals surface area contributed by atoms with E-state index in [9.17, 15) is 9.59 Å². The SMILES string of the molecule is CC1C2=C(CCCC2)C2=C1[CH]([Ti]([CH3])([O]C(=O)C(C)(C)C)[O]C(=O)C(C)(C)C)CCC2. The molecule has 5 heteroatoms. The Labute approximate surface area is 187 Å². The number of hydrogen-bond acceptors (Lipinski definition) is 4. The fraction of sp³-hybridized carbons (Fsp3) is 0.760. The van der Waals surface area contributed by atoms with Gasteiger partial charge >= 0.3 is 187 Å². The van der Waals surface area contributed by atoms with E-state index in [-0.39, 0.29) is 16.2 Å². The van der Waals surface area contributed by atoms with Crippen molar-refractivity contribution in [2.45, 2.75) is 103 Å². The molecule has 30 heavy (non-hydrogen) atoms. The summed E-state index contributed by atoms with van der Waals surface area (Å²) < 4.78 is 12.6. The summed E-state index contributed by atoms with van der Waals surface area (Å²) in [5.41, 5.74) is 4.91. The van der Waals surface area contributed by atoms with E-state index in [1.54, 1.807) is 11.1 Å². The molecule has 2 atom stereocenters. The molecule has 0 N–H and O–H groups in total. The Balaban J connectivity index is 2.01. The fourth-order valence-electron chi connectivity index (χ4n) is 5.20. The summed E-state index contributed by atoms with van der Waals surface area (Å²) in [4.78, 5) is 26.0. The third-order valence-electron chi connectivity index (χ3n) is 6.96. The van der Waals surface area contributed by atoms with Gasteiger partial charge in [-0.05, 0) is 0 Å². The Morgan fingerprint density at radius 2 is 1.33 bits per heavy atom. The first-order valence-corrected chi connectivity index (χ1v) is 15.4. The van der Waals surface area contributed by atoms with Crippen molar-refractivity contribution < 1.29 is 33.6 Å². The van der Waals surface area contributed by atoms with Gasteiger partial charge in [0.25, 0.3) is 0 Å². The van der Waals surface area contributed by atoms with Crippen LogP contribution in [0.15, 0.2) is 22.3 Å². The number of fused-ring (bicyclic) bond motifs is 1. The molecule has 0 aromatic rings. The molecule has 0 bridgehead atoms. The molecular formula is C25H40O4Ti. The Kier molecular flexibility index (Phi) is 6.54. The molecule has 3 aliphatic rings. The number of allylic oxidation sites excluding steroid dienone is 4. The average molecular weight is 452 g/mol. The molecule has 168 valence electrons. The van der Waals surface area contributed by atoms with E-state index in [0.29, 0.717) is 5.92 Å². The fourth-order valence-corrected chi connectivity index (χ4v) is 10.5. The quantitative estimate of drug-likeness (QED) is 0.433. The topological polar surface area (TPSA) is 52.6 Å². The van der Waals surface area contributed by atoms with Crippen LogP contribution in [0.2, 0.25) is 9.45 Å². The van der Waals surface area contributed by atoms with Crippen molar-refractivity contribution in [3.8, 4) is 0 Å². The first kappa shape index (κ1) is 23.8. The van der Waals surface area contributed by atoms with Gasteiger partial charge in [0.15, 0.2) is 0 Å². The molecule has 0 saturated carbocycles. The van der Waals surface area contributed by atoms with Crippen LogP contribution in [0.1, 0.15) is 93.4 Å². The molecule has 0 aliphatic heterocycles. The molecule has 0 fully saturated rings. The second-order valence-electron chi connectivity index (χ2n) is 11.6. The summed E-state index contributed by atoms with van der Waals surface area (Å²) in [7, 11) is 0. The monoisotopic (exact) mass is 452 g/mol. The van der Waals surface area contributed by atoms with E-state index in [1.807, 2.05) is 46.8 Å². The normalized spacial score (nSPS) is 25.1. The zero-order valence-corrected chi connectivity index (χ0v) is 21.8. The molecule has 0 spiro atoms. The zero-order valence-electron chi connectivity index (χ0n) is 20.2. The van der Waals surface area contributed by atoms with Crippen LogP contribution in [0.5, 0.6) is 0 Å². The van der Waals surface area contributed by atoms with Crippen LogP contribution < -0.4 is 0 Å². The van der Waals surface area contributed by atoms with E-state index >= 15 is 0 Å². The molecule has 0 heterocycles. The van der Waals surface area contributed by atoms with Gasteiger partial charge in [-0.25, -0.2) is 0 Å². The van der Waals surface area contributed by atoms with Crippen LogP contribution in [0.25, 0.3) is 0 Å². The molecule has 3 rings (SSSR count). The Hall–Kier alpha value is -0.866. The van der Waals surface area contributed by atoms with Crippen molar-refractivity contribution in [1.29, 1.82) is 0 Å². The zero-order chi connectivity index (χ0) is 22.5. The first-order chi connectivity index (χ1) is 13.8. The third-order valence-corrected chi connectivity index (χ3v) is 11.7. The van der Waals surface area contributed by atoms with Crippen LogP contribution in [0.3, 0.4) is 0 Å². The van der Waals surface area contributed by atoms with Gasteiger partial charge in [0.05, 0.1) is 0 Å². The number of carbonyl (C=O) groups is 2. The van der Waals surface area contributed by atoms with Crippen molar-refractivity contribution in [2.75, 3.05) is 0 Å². The third kappa shape index (κ3) is 4.51. The van der Waals surface area contributed by atoms with Crippen molar-refractivity contribution in [1.82, 2.24) is 0 Å². The summed E-state index contributed by atoms with van der Waals surface area (Å²) in [6.45, 7) is 13.5. The molecule has 4 nitrogen and oxygen atoms in total. The van der Waals surface area contributed by atoms with E-state index in [2.05, 4.69) is 6.92 Å². The molecular weight excluding hydrogens is 412 g/mol. The van der Waals surface area contributed by atoms with Crippen molar-refractivity contribution in [3.05, 3.63) is 22.3 Å². The van der Waals surface area contributed by atoms with Crippen molar-refractivity contribution >= 4 is 11.9 Å². The predicted octanol–water partition coefficient (Wildman–Crippen LogP) is 6.99.